The molecule has 0 spiro atoms. The third-order valence-electron chi connectivity index (χ3n) is 11.6. The maximum absolute atomic E-state index is 6.82. The fourth-order valence-electron chi connectivity index (χ4n) is 6.15. The number of oxazole rings is 2. The van der Waals surface area contributed by atoms with Gasteiger partial charge in [0.25, 0.3) is 0 Å². The van der Waals surface area contributed by atoms with E-state index in [0.717, 1.165) is 63.3 Å². The highest BCUT2D eigenvalue weighted by atomic mass is 32.1. The second-order valence-corrected chi connectivity index (χ2v) is 17.3. The van der Waals surface area contributed by atoms with Gasteiger partial charge in [-0.1, -0.05) is 126 Å². The second-order valence-electron chi connectivity index (χ2n) is 16.3. The summed E-state index contributed by atoms with van der Waals surface area (Å²) in [5.74, 6) is 1.04. The van der Waals surface area contributed by atoms with Gasteiger partial charge in [0.15, 0.2) is 11.2 Å². The number of hydrogen-bond acceptors (Lipinski definition) is 6. The molecule has 6 heteroatoms. The SMILES string of the molecule is CCC(C)(C)c1cc(C(C)(C)CC)c2oc(-c3nc(-c4ccccc4)sc3-c3nc4cc(C(C)(C)CC)cc(C(C)(C)CC)c4o3)nc2c1. The van der Waals surface area contributed by atoms with Gasteiger partial charge in [-0.25, -0.2) is 15.0 Å². The molecule has 0 fully saturated rings. The first-order valence-electron chi connectivity index (χ1n) is 18.0. The van der Waals surface area contributed by atoms with Crippen molar-refractivity contribution < 1.29 is 8.83 Å². The van der Waals surface area contributed by atoms with E-state index in [1.54, 1.807) is 11.3 Å². The van der Waals surface area contributed by atoms with Crippen LogP contribution < -0.4 is 0 Å². The number of hydrogen-bond donors (Lipinski definition) is 0. The summed E-state index contributed by atoms with van der Waals surface area (Å²) in [6.07, 6.45) is 4.01. The smallest absolute Gasteiger partial charge is 0.248 e. The lowest BCUT2D eigenvalue weighted by atomic mass is 9.76. The molecule has 0 radical (unpaired) electrons. The first-order chi connectivity index (χ1) is 23.0. The molecule has 0 aliphatic heterocycles. The molecule has 0 aliphatic carbocycles. The zero-order valence-corrected chi connectivity index (χ0v) is 32.4. The van der Waals surface area contributed by atoms with E-state index in [-0.39, 0.29) is 21.7 Å². The van der Waals surface area contributed by atoms with Gasteiger partial charge in [0.2, 0.25) is 11.8 Å². The van der Waals surface area contributed by atoms with Crippen LogP contribution in [-0.2, 0) is 21.7 Å². The fourth-order valence-corrected chi connectivity index (χ4v) is 7.14. The highest BCUT2D eigenvalue weighted by Crippen LogP contribution is 2.46. The predicted molar refractivity (Wildman–Crippen MR) is 207 cm³/mol. The van der Waals surface area contributed by atoms with E-state index in [4.69, 9.17) is 23.8 Å². The monoisotopic (exact) mass is 675 g/mol. The summed E-state index contributed by atoms with van der Waals surface area (Å²) in [6, 6.07) is 19.4. The Kier molecular flexibility index (Phi) is 8.97. The molecule has 0 amide bonds. The van der Waals surface area contributed by atoms with E-state index in [1.807, 2.05) is 18.2 Å². The Hall–Kier alpha value is -3.77. The maximum atomic E-state index is 6.82. The average Bonchev–Trinajstić information content (AvgIpc) is 3.84. The summed E-state index contributed by atoms with van der Waals surface area (Å²) in [5.41, 5.74) is 9.86. The number of aromatic nitrogens is 3. The summed E-state index contributed by atoms with van der Waals surface area (Å²) in [7, 11) is 0. The van der Waals surface area contributed by atoms with Gasteiger partial charge in [-0.3, -0.25) is 0 Å². The molecule has 49 heavy (non-hydrogen) atoms. The number of benzene rings is 3. The Morgan fingerprint density at radius 1 is 0.551 bits per heavy atom. The van der Waals surface area contributed by atoms with Crippen LogP contribution in [0.2, 0.25) is 0 Å². The molecular weight excluding hydrogens is 623 g/mol. The molecule has 0 N–H and O–H groups in total. The predicted octanol–water partition coefficient (Wildman–Crippen LogP) is 13.2. The van der Waals surface area contributed by atoms with E-state index in [0.29, 0.717) is 17.5 Å². The van der Waals surface area contributed by atoms with Crippen LogP contribution in [-0.4, -0.2) is 15.0 Å². The van der Waals surface area contributed by atoms with Gasteiger partial charge < -0.3 is 8.83 Å². The van der Waals surface area contributed by atoms with Gasteiger partial charge in [-0.05, 0) is 70.6 Å². The molecule has 3 aromatic heterocycles. The standard InChI is InChI=1S/C43H53N3O2S/c1-13-40(5,6)27-22-29(42(9,10)15-3)34-31(24-27)44-37(47-34)33-36(49-39(46-33)26-20-18-17-19-21-26)38-45-32-25-28(41(7,8)14-2)23-30(35(32)48-38)43(11,12)16-4/h17-25H,13-16H2,1-12H3. The number of fused-ring (bicyclic) bond motifs is 2. The van der Waals surface area contributed by atoms with Crippen LogP contribution >= 0.6 is 11.3 Å². The van der Waals surface area contributed by atoms with E-state index in [9.17, 15) is 0 Å². The minimum absolute atomic E-state index is 0.00547. The van der Waals surface area contributed by atoms with E-state index in [1.165, 1.54) is 22.3 Å². The van der Waals surface area contributed by atoms with Crippen molar-refractivity contribution in [2.24, 2.45) is 0 Å². The zero-order valence-electron chi connectivity index (χ0n) is 31.6. The summed E-state index contributed by atoms with van der Waals surface area (Å²) < 4.78 is 13.6. The largest absolute Gasteiger partial charge is 0.435 e. The molecular formula is C43H53N3O2S. The van der Waals surface area contributed by atoms with E-state index >= 15 is 0 Å². The molecule has 0 saturated heterocycles. The van der Waals surface area contributed by atoms with Gasteiger partial charge >= 0.3 is 0 Å². The molecule has 0 saturated carbocycles. The highest BCUT2D eigenvalue weighted by Gasteiger charge is 2.32. The molecule has 258 valence electrons. The maximum Gasteiger partial charge on any atom is 0.248 e. The third-order valence-corrected chi connectivity index (χ3v) is 12.7. The minimum Gasteiger partial charge on any atom is -0.435 e. The lowest BCUT2D eigenvalue weighted by Crippen LogP contribution is -2.20. The molecule has 0 bridgehead atoms. The Labute approximate surface area is 296 Å². The summed E-state index contributed by atoms with van der Waals surface area (Å²) in [5, 5.41) is 0.874. The van der Waals surface area contributed by atoms with Gasteiger partial charge in [-0.15, -0.1) is 11.3 Å². The Balaban J connectivity index is 1.63. The van der Waals surface area contributed by atoms with Crippen molar-refractivity contribution in [2.45, 2.75) is 130 Å². The molecule has 3 aromatic carbocycles. The van der Waals surface area contributed by atoms with Crippen molar-refractivity contribution in [1.82, 2.24) is 15.0 Å². The van der Waals surface area contributed by atoms with Crippen LogP contribution in [0.4, 0.5) is 0 Å². The summed E-state index contributed by atoms with van der Waals surface area (Å²) in [6.45, 7) is 27.3. The molecule has 6 aromatic rings. The summed E-state index contributed by atoms with van der Waals surface area (Å²) >= 11 is 1.58. The molecule has 6 rings (SSSR count). The van der Waals surface area contributed by atoms with Gasteiger partial charge in [0.1, 0.15) is 26.6 Å². The van der Waals surface area contributed by atoms with Crippen molar-refractivity contribution in [3.63, 3.8) is 0 Å². The Morgan fingerprint density at radius 3 is 1.47 bits per heavy atom. The van der Waals surface area contributed by atoms with Crippen LogP contribution in [0.25, 0.3) is 55.1 Å². The topological polar surface area (TPSA) is 65.0 Å². The molecule has 0 aliphatic rings. The van der Waals surface area contributed by atoms with Gasteiger partial charge in [-0.2, -0.15) is 0 Å². The van der Waals surface area contributed by atoms with Crippen LogP contribution in [0.15, 0.2) is 63.4 Å². The van der Waals surface area contributed by atoms with Crippen molar-refractivity contribution in [2.75, 3.05) is 0 Å². The first kappa shape index (κ1) is 35.1. The summed E-state index contributed by atoms with van der Waals surface area (Å²) in [4.78, 5) is 16.4. The van der Waals surface area contributed by atoms with Gasteiger partial charge in [0.05, 0.1) is 0 Å². The lowest BCUT2D eigenvalue weighted by Gasteiger charge is -2.28. The normalized spacial score (nSPS) is 13.2. The van der Waals surface area contributed by atoms with Crippen molar-refractivity contribution in [3.05, 3.63) is 76.9 Å². The third kappa shape index (κ3) is 6.26. The minimum atomic E-state index is -0.0955. The van der Waals surface area contributed by atoms with Crippen molar-refractivity contribution >= 4 is 33.5 Å². The highest BCUT2D eigenvalue weighted by molar-refractivity contribution is 7.18. The van der Waals surface area contributed by atoms with E-state index in [2.05, 4.69) is 119 Å². The van der Waals surface area contributed by atoms with Crippen LogP contribution in [0.5, 0.6) is 0 Å². The lowest BCUT2D eigenvalue weighted by molar-refractivity contribution is 0.483. The molecule has 0 atom stereocenters. The van der Waals surface area contributed by atoms with Gasteiger partial charge in [0, 0.05) is 16.7 Å². The van der Waals surface area contributed by atoms with Crippen LogP contribution in [0, 0.1) is 0 Å². The zero-order chi connectivity index (χ0) is 35.5. The number of thiazole rings is 1. The van der Waals surface area contributed by atoms with Crippen molar-refractivity contribution in [3.8, 4) is 32.9 Å². The average molecular weight is 676 g/mol. The molecule has 0 unspecified atom stereocenters. The molecule has 3 heterocycles. The number of nitrogens with zero attached hydrogens (tertiary/aromatic N) is 3. The number of rotatable bonds is 11. The van der Waals surface area contributed by atoms with E-state index < -0.39 is 0 Å². The first-order valence-corrected chi connectivity index (χ1v) is 18.8. The Morgan fingerprint density at radius 2 is 1.00 bits per heavy atom. The van der Waals surface area contributed by atoms with Crippen molar-refractivity contribution in [1.29, 1.82) is 0 Å². The Bertz CT molecular complexity index is 1990. The molecule has 5 nitrogen and oxygen atoms in total. The quantitative estimate of drug-likeness (QED) is 0.137. The second kappa shape index (κ2) is 12.5. The fraction of sp³-hybridized carbons (Fsp3) is 0.465. The van der Waals surface area contributed by atoms with Crippen LogP contribution in [0.3, 0.4) is 0 Å². The van der Waals surface area contributed by atoms with Crippen LogP contribution in [0.1, 0.15) is 131 Å².